The van der Waals surface area contributed by atoms with Gasteiger partial charge in [-0.25, -0.2) is 4.67 Å². The standard InChI is InChI=1S/C25H34N3O5P/c1-16(2)28(17(3)4)34(32-12-8-11-26)33-19-13-18(5)22(14-19)23(29)15-27-24(30)20-9-6-7-10-21(20)25(27)31/h6-7,9-10,16-19,22H,8,12-15H2,1-5H3/t18-,19-,22?,34?/m1/s1/i5D. The van der Waals surface area contributed by atoms with Crippen LogP contribution < -0.4 is 0 Å². The molecule has 8 nitrogen and oxygen atoms in total. The quantitative estimate of drug-likeness (QED) is 0.256. The number of nitriles is 1. The number of carbonyl (C=O) groups is 3. The lowest BCUT2D eigenvalue weighted by atomic mass is 9.93. The molecule has 1 aromatic carbocycles. The van der Waals surface area contributed by atoms with E-state index in [1.807, 2.05) is 0 Å². The second kappa shape index (κ2) is 11.5. The van der Waals surface area contributed by atoms with Crippen LogP contribution in [-0.2, 0) is 13.8 Å². The van der Waals surface area contributed by atoms with Crippen LogP contribution in [0.2, 0.25) is 0 Å². The first-order valence-corrected chi connectivity index (χ1v) is 12.8. The molecule has 3 rings (SSSR count). The Kier molecular flexibility index (Phi) is 8.44. The van der Waals surface area contributed by atoms with E-state index in [1.54, 1.807) is 24.3 Å². The molecule has 4 atom stereocenters. The predicted octanol–water partition coefficient (Wildman–Crippen LogP) is 4.56. The zero-order valence-electron chi connectivity index (χ0n) is 21.3. The lowest BCUT2D eigenvalue weighted by Crippen LogP contribution is -2.38. The van der Waals surface area contributed by atoms with E-state index in [-0.39, 0.29) is 56.4 Å². The van der Waals surface area contributed by atoms with Crippen molar-refractivity contribution in [2.45, 2.75) is 72.0 Å². The summed E-state index contributed by atoms with van der Waals surface area (Å²) in [5.41, 5.74) is 0.634. The molecule has 0 saturated heterocycles. The number of rotatable bonds is 11. The van der Waals surface area contributed by atoms with E-state index < -0.39 is 26.3 Å². The molecule has 0 N–H and O–H groups in total. The van der Waals surface area contributed by atoms with Gasteiger partial charge >= 0.3 is 0 Å². The summed E-state index contributed by atoms with van der Waals surface area (Å²) in [6.45, 7) is 8.25. The van der Waals surface area contributed by atoms with E-state index in [9.17, 15) is 14.4 Å². The van der Waals surface area contributed by atoms with Gasteiger partial charge in [0.25, 0.3) is 20.3 Å². The molecule has 0 bridgehead atoms. The maximum atomic E-state index is 13.2. The normalized spacial score (nSPS) is 23.5. The summed E-state index contributed by atoms with van der Waals surface area (Å²) < 4.78 is 22.5. The Morgan fingerprint density at radius 3 is 2.35 bits per heavy atom. The van der Waals surface area contributed by atoms with Gasteiger partial charge in [0.1, 0.15) is 0 Å². The maximum absolute atomic E-state index is 13.2. The van der Waals surface area contributed by atoms with Gasteiger partial charge in [-0.1, -0.05) is 19.0 Å². The number of Topliss-reactive ketones (excluding diaryl/α,β-unsaturated/α-hetero) is 1. The highest BCUT2D eigenvalue weighted by Gasteiger charge is 2.42. The third kappa shape index (κ3) is 5.72. The molecule has 34 heavy (non-hydrogen) atoms. The number of carbonyl (C=O) groups excluding carboxylic acids is 3. The van der Waals surface area contributed by atoms with Crippen molar-refractivity contribution in [3.63, 3.8) is 0 Å². The lowest BCUT2D eigenvalue weighted by molar-refractivity contribution is -0.124. The third-order valence-electron chi connectivity index (χ3n) is 6.16. The predicted molar refractivity (Wildman–Crippen MR) is 129 cm³/mol. The van der Waals surface area contributed by atoms with Crippen molar-refractivity contribution < 1.29 is 24.8 Å². The van der Waals surface area contributed by atoms with E-state index in [0.29, 0.717) is 24.0 Å². The molecule has 9 heteroatoms. The summed E-state index contributed by atoms with van der Waals surface area (Å²) in [6, 6.07) is 8.97. The van der Waals surface area contributed by atoms with Crippen LogP contribution in [0.5, 0.6) is 0 Å². The summed E-state index contributed by atoms with van der Waals surface area (Å²) in [4.78, 5) is 39.7. The highest BCUT2D eigenvalue weighted by molar-refractivity contribution is 7.44. The summed E-state index contributed by atoms with van der Waals surface area (Å²) in [7, 11) is -1.46. The number of fused-ring (bicyclic) bond motifs is 1. The highest BCUT2D eigenvalue weighted by Crippen LogP contribution is 2.50. The Morgan fingerprint density at radius 2 is 1.82 bits per heavy atom. The zero-order valence-corrected chi connectivity index (χ0v) is 21.2. The van der Waals surface area contributed by atoms with Crippen molar-refractivity contribution in [3.8, 4) is 6.07 Å². The molecular formula is C25H34N3O5P. The van der Waals surface area contributed by atoms with Crippen LogP contribution in [0.15, 0.2) is 24.3 Å². The molecule has 1 aliphatic heterocycles. The van der Waals surface area contributed by atoms with Gasteiger partial charge in [-0.3, -0.25) is 19.3 Å². The fraction of sp³-hybridized carbons (Fsp3) is 0.600. The molecule has 0 spiro atoms. The van der Waals surface area contributed by atoms with Crippen LogP contribution in [0, 0.1) is 23.2 Å². The van der Waals surface area contributed by atoms with E-state index in [0.717, 1.165) is 4.90 Å². The Bertz CT molecular complexity index is 939. The molecule has 0 aromatic heterocycles. The summed E-state index contributed by atoms with van der Waals surface area (Å²) in [6.07, 6.45) is 0.922. The topological polar surface area (TPSA) is 99.9 Å². The van der Waals surface area contributed by atoms with E-state index in [2.05, 4.69) is 38.4 Å². The fourth-order valence-electron chi connectivity index (χ4n) is 4.63. The van der Waals surface area contributed by atoms with Crippen molar-refractivity contribution in [3.05, 3.63) is 35.4 Å². The molecule has 2 aliphatic rings. The summed E-state index contributed by atoms with van der Waals surface area (Å²) >= 11 is 0. The molecule has 0 radical (unpaired) electrons. The number of amides is 2. The van der Waals surface area contributed by atoms with Crippen molar-refractivity contribution in [2.24, 2.45) is 11.8 Å². The first-order valence-electron chi connectivity index (χ1n) is 12.4. The van der Waals surface area contributed by atoms with E-state index in [1.165, 1.54) is 0 Å². The molecule has 1 saturated carbocycles. The molecule has 1 aromatic rings. The Hall–Kier alpha value is -2.17. The molecule has 1 fully saturated rings. The van der Waals surface area contributed by atoms with Gasteiger partial charge in [-0.05, 0) is 58.6 Å². The number of imide groups is 1. The molecule has 2 amide bonds. The first-order chi connectivity index (χ1) is 16.7. The van der Waals surface area contributed by atoms with E-state index >= 15 is 0 Å². The van der Waals surface area contributed by atoms with Gasteiger partial charge in [0, 0.05) is 19.4 Å². The molecule has 1 heterocycles. The van der Waals surface area contributed by atoms with Crippen LogP contribution in [0.3, 0.4) is 0 Å². The number of benzene rings is 1. The van der Waals surface area contributed by atoms with Gasteiger partial charge in [0.2, 0.25) is 0 Å². The van der Waals surface area contributed by atoms with Gasteiger partial charge in [0.05, 0.1) is 42.9 Å². The monoisotopic (exact) mass is 488 g/mol. The number of nitrogens with zero attached hydrogens (tertiary/aromatic N) is 3. The van der Waals surface area contributed by atoms with Crippen LogP contribution in [0.4, 0.5) is 0 Å². The summed E-state index contributed by atoms with van der Waals surface area (Å²) in [5.74, 6) is -1.81. The van der Waals surface area contributed by atoms with Crippen molar-refractivity contribution in [1.82, 2.24) is 9.57 Å². The maximum Gasteiger partial charge on any atom is 0.261 e. The second-order valence-corrected chi connectivity index (χ2v) is 10.7. The smallest absolute Gasteiger partial charge is 0.261 e. The summed E-state index contributed by atoms with van der Waals surface area (Å²) in [5, 5.41) is 8.91. The van der Waals surface area contributed by atoms with Gasteiger partial charge in [-0.2, -0.15) is 5.26 Å². The Morgan fingerprint density at radius 1 is 1.21 bits per heavy atom. The lowest BCUT2D eigenvalue weighted by Gasteiger charge is -2.36. The molecular weight excluding hydrogens is 453 g/mol. The number of hydrogen-bond acceptors (Lipinski definition) is 7. The minimum atomic E-state index is -1.46. The van der Waals surface area contributed by atoms with Crippen LogP contribution >= 0.6 is 8.53 Å². The number of hydrogen-bond donors (Lipinski definition) is 0. The third-order valence-corrected chi connectivity index (χ3v) is 8.34. The SMILES string of the molecule is [2H]C[C@@H]1C[C@@H](OP(OCCC#N)N(C(C)C)C(C)C)CC1C(=O)CN1C(=O)c2ccccc2C1=O. The average molecular weight is 489 g/mol. The first kappa shape index (κ1) is 24.9. The van der Waals surface area contributed by atoms with Gasteiger partial charge in [0.15, 0.2) is 5.78 Å². The van der Waals surface area contributed by atoms with Crippen molar-refractivity contribution in [1.29, 1.82) is 5.26 Å². The zero-order chi connectivity index (χ0) is 25.7. The minimum Gasteiger partial charge on any atom is -0.321 e. The Balaban J connectivity index is 1.69. The van der Waals surface area contributed by atoms with Crippen LogP contribution in [0.1, 0.15) is 75.9 Å². The average Bonchev–Trinajstić information content (AvgIpc) is 3.33. The Labute approximate surface area is 204 Å². The minimum absolute atomic E-state index is 0.0592. The largest absolute Gasteiger partial charge is 0.321 e. The van der Waals surface area contributed by atoms with Crippen LogP contribution in [0.25, 0.3) is 0 Å². The number of ketones is 1. The highest BCUT2D eigenvalue weighted by atomic mass is 31.2. The van der Waals surface area contributed by atoms with Crippen LogP contribution in [-0.4, -0.2) is 58.5 Å². The molecule has 184 valence electrons. The fourth-order valence-corrected chi connectivity index (χ4v) is 6.36. The molecule has 1 aliphatic carbocycles. The van der Waals surface area contributed by atoms with Crippen molar-refractivity contribution in [2.75, 3.05) is 13.2 Å². The second-order valence-electron chi connectivity index (χ2n) is 9.32. The van der Waals surface area contributed by atoms with Gasteiger partial charge in [-0.15, -0.1) is 0 Å². The van der Waals surface area contributed by atoms with E-state index in [4.69, 9.17) is 15.7 Å². The van der Waals surface area contributed by atoms with Crippen molar-refractivity contribution >= 4 is 26.1 Å². The van der Waals surface area contributed by atoms with Gasteiger partial charge < -0.3 is 9.05 Å². The molecule has 2 unspecified atom stereocenters.